The van der Waals surface area contributed by atoms with Crippen molar-refractivity contribution in [2.45, 2.75) is 6.04 Å². The molecule has 0 saturated heterocycles. The second-order valence-corrected chi connectivity index (χ2v) is 4.55. The minimum atomic E-state index is -0.297. The van der Waals surface area contributed by atoms with Crippen LogP contribution in [0.4, 0.5) is 0 Å². The highest BCUT2D eigenvalue weighted by Crippen LogP contribution is 2.27. The number of nitrogens with two attached hydrogens (primary N) is 1. The highest BCUT2D eigenvalue weighted by molar-refractivity contribution is 6.30. The van der Waals surface area contributed by atoms with Gasteiger partial charge in [0.1, 0.15) is 18.1 Å². The van der Waals surface area contributed by atoms with Crippen molar-refractivity contribution in [1.29, 1.82) is 0 Å². The van der Waals surface area contributed by atoms with Crippen molar-refractivity contribution < 1.29 is 9.47 Å². The van der Waals surface area contributed by atoms with Gasteiger partial charge >= 0.3 is 0 Å². The molecule has 0 aliphatic heterocycles. The van der Waals surface area contributed by atoms with E-state index in [2.05, 4.69) is 0 Å². The summed E-state index contributed by atoms with van der Waals surface area (Å²) < 4.78 is 10.9. The molecule has 0 fully saturated rings. The predicted octanol–water partition coefficient (Wildman–Crippen LogP) is 3.43. The summed E-state index contributed by atoms with van der Waals surface area (Å²) in [5.41, 5.74) is 6.96. The molecule has 1 unspecified atom stereocenters. The zero-order valence-electron chi connectivity index (χ0n) is 10.7. The van der Waals surface area contributed by atoms with E-state index in [9.17, 15) is 0 Å². The molecule has 2 rings (SSSR count). The molecule has 2 aromatic rings. The van der Waals surface area contributed by atoms with Gasteiger partial charge in [0, 0.05) is 10.6 Å². The molecule has 0 amide bonds. The number of benzene rings is 2. The normalized spacial score (nSPS) is 11.9. The van der Waals surface area contributed by atoms with Crippen LogP contribution in [-0.2, 0) is 0 Å². The van der Waals surface area contributed by atoms with Gasteiger partial charge in [-0.2, -0.15) is 0 Å². The first-order valence-corrected chi connectivity index (χ1v) is 6.35. The lowest BCUT2D eigenvalue weighted by Gasteiger charge is -2.16. The van der Waals surface area contributed by atoms with E-state index < -0.39 is 0 Å². The van der Waals surface area contributed by atoms with Gasteiger partial charge in [-0.15, -0.1) is 0 Å². The number of hydrogen-bond donors (Lipinski definition) is 1. The van der Waals surface area contributed by atoms with Crippen LogP contribution in [0.25, 0.3) is 0 Å². The summed E-state index contributed by atoms with van der Waals surface area (Å²) >= 11 is 5.98. The van der Waals surface area contributed by atoms with Crippen molar-refractivity contribution in [2.75, 3.05) is 13.7 Å². The lowest BCUT2D eigenvalue weighted by molar-refractivity contribution is 0.286. The van der Waals surface area contributed by atoms with Gasteiger partial charge in [0.25, 0.3) is 0 Å². The molecule has 0 heterocycles. The molecule has 2 aromatic carbocycles. The summed E-state index contributed by atoms with van der Waals surface area (Å²) in [6, 6.07) is 14.6. The fourth-order valence-corrected chi connectivity index (χ4v) is 1.97. The summed E-state index contributed by atoms with van der Waals surface area (Å²) in [7, 11) is 1.61. The van der Waals surface area contributed by atoms with Crippen LogP contribution >= 0.6 is 11.6 Å². The second kappa shape index (κ2) is 6.45. The van der Waals surface area contributed by atoms with E-state index in [0.29, 0.717) is 17.4 Å². The Morgan fingerprint density at radius 2 is 1.89 bits per heavy atom. The quantitative estimate of drug-likeness (QED) is 0.911. The molecule has 19 heavy (non-hydrogen) atoms. The van der Waals surface area contributed by atoms with Gasteiger partial charge in [-0.05, 0) is 30.3 Å². The molecule has 0 aliphatic carbocycles. The summed E-state index contributed by atoms with van der Waals surface area (Å²) in [4.78, 5) is 0. The van der Waals surface area contributed by atoms with E-state index >= 15 is 0 Å². The zero-order valence-corrected chi connectivity index (χ0v) is 11.4. The SMILES string of the molecule is COc1ccc(Cl)cc1C(N)COc1ccccc1. The summed E-state index contributed by atoms with van der Waals surface area (Å²) in [5.74, 6) is 1.51. The predicted molar refractivity (Wildman–Crippen MR) is 76.9 cm³/mol. The van der Waals surface area contributed by atoms with E-state index in [-0.39, 0.29) is 6.04 Å². The van der Waals surface area contributed by atoms with Gasteiger partial charge in [0.2, 0.25) is 0 Å². The third kappa shape index (κ3) is 3.63. The topological polar surface area (TPSA) is 44.5 Å². The maximum atomic E-state index is 6.12. The average molecular weight is 278 g/mol. The third-order valence-corrected chi connectivity index (χ3v) is 3.00. The van der Waals surface area contributed by atoms with E-state index in [1.165, 1.54) is 0 Å². The Labute approximate surface area is 117 Å². The Hall–Kier alpha value is -1.71. The van der Waals surface area contributed by atoms with Gasteiger partial charge in [0.05, 0.1) is 13.2 Å². The third-order valence-electron chi connectivity index (χ3n) is 2.76. The van der Waals surface area contributed by atoms with E-state index in [1.54, 1.807) is 25.3 Å². The van der Waals surface area contributed by atoms with Crippen LogP contribution in [0.15, 0.2) is 48.5 Å². The van der Waals surface area contributed by atoms with E-state index in [1.807, 2.05) is 30.3 Å². The molecule has 0 saturated carbocycles. The van der Waals surface area contributed by atoms with Crippen molar-refractivity contribution in [3.8, 4) is 11.5 Å². The van der Waals surface area contributed by atoms with Crippen LogP contribution < -0.4 is 15.2 Å². The summed E-state index contributed by atoms with van der Waals surface area (Å²) in [6.07, 6.45) is 0. The maximum Gasteiger partial charge on any atom is 0.123 e. The summed E-state index contributed by atoms with van der Waals surface area (Å²) in [6.45, 7) is 0.362. The number of ether oxygens (including phenoxy) is 2. The second-order valence-electron chi connectivity index (χ2n) is 4.12. The highest BCUT2D eigenvalue weighted by atomic mass is 35.5. The van der Waals surface area contributed by atoms with Crippen molar-refractivity contribution in [3.05, 3.63) is 59.1 Å². The Kier molecular flexibility index (Phi) is 4.66. The molecule has 4 heteroatoms. The van der Waals surface area contributed by atoms with Crippen LogP contribution in [0.3, 0.4) is 0 Å². The monoisotopic (exact) mass is 277 g/mol. The molecule has 100 valence electrons. The molecule has 0 bridgehead atoms. The van der Waals surface area contributed by atoms with Gasteiger partial charge in [-0.3, -0.25) is 0 Å². The van der Waals surface area contributed by atoms with Crippen molar-refractivity contribution in [1.82, 2.24) is 0 Å². The molecule has 2 N–H and O–H groups in total. The molecule has 0 spiro atoms. The number of halogens is 1. The van der Waals surface area contributed by atoms with Crippen LogP contribution in [0.2, 0.25) is 5.02 Å². The Morgan fingerprint density at radius 1 is 1.16 bits per heavy atom. The molecule has 0 radical (unpaired) electrons. The van der Waals surface area contributed by atoms with Crippen LogP contribution in [0.5, 0.6) is 11.5 Å². The van der Waals surface area contributed by atoms with Gasteiger partial charge in [0.15, 0.2) is 0 Å². The minimum absolute atomic E-state index is 0.297. The Bertz CT molecular complexity index is 531. The molecule has 0 aliphatic rings. The fraction of sp³-hybridized carbons (Fsp3) is 0.200. The van der Waals surface area contributed by atoms with Gasteiger partial charge in [-0.1, -0.05) is 29.8 Å². The van der Waals surface area contributed by atoms with Gasteiger partial charge < -0.3 is 15.2 Å². The minimum Gasteiger partial charge on any atom is -0.496 e. The van der Waals surface area contributed by atoms with Gasteiger partial charge in [-0.25, -0.2) is 0 Å². The highest BCUT2D eigenvalue weighted by Gasteiger charge is 2.13. The van der Waals surface area contributed by atoms with Crippen LogP contribution in [0, 0.1) is 0 Å². The smallest absolute Gasteiger partial charge is 0.123 e. The first-order chi connectivity index (χ1) is 9.20. The fourth-order valence-electron chi connectivity index (χ4n) is 1.79. The Morgan fingerprint density at radius 3 is 2.58 bits per heavy atom. The molecular formula is C15H16ClNO2. The molecule has 1 atom stereocenters. The van der Waals surface area contributed by atoms with E-state index in [4.69, 9.17) is 26.8 Å². The molecule has 0 aromatic heterocycles. The number of para-hydroxylation sites is 1. The zero-order chi connectivity index (χ0) is 13.7. The molecule has 3 nitrogen and oxygen atoms in total. The van der Waals surface area contributed by atoms with Crippen LogP contribution in [0.1, 0.15) is 11.6 Å². The van der Waals surface area contributed by atoms with Crippen molar-refractivity contribution >= 4 is 11.6 Å². The first-order valence-electron chi connectivity index (χ1n) is 5.97. The number of rotatable bonds is 5. The van der Waals surface area contributed by atoms with Crippen molar-refractivity contribution in [3.63, 3.8) is 0 Å². The van der Waals surface area contributed by atoms with Crippen LogP contribution in [-0.4, -0.2) is 13.7 Å². The largest absolute Gasteiger partial charge is 0.496 e. The van der Waals surface area contributed by atoms with E-state index in [0.717, 1.165) is 11.3 Å². The molecular weight excluding hydrogens is 262 g/mol. The lowest BCUT2D eigenvalue weighted by atomic mass is 10.1. The number of methoxy groups -OCH3 is 1. The lowest BCUT2D eigenvalue weighted by Crippen LogP contribution is -2.19. The number of hydrogen-bond acceptors (Lipinski definition) is 3. The Balaban J connectivity index is 2.07. The first kappa shape index (κ1) is 13.7. The maximum absolute atomic E-state index is 6.12. The standard InChI is InChI=1S/C15H16ClNO2/c1-18-15-8-7-11(16)9-13(15)14(17)10-19-12-5-3-2-4-6-12/h2-9,14H,10,17H2,1H3. The summed E-state index contributed by atoms with van der Waals surface area (Å²) in [5, 5.41) is 0.631. The average Bonchev–Trinajstić information content (AvgIpc) is 2.46. The van der Waals surface area contributed by atoms with Crippen molar-refractivity contribution in [2.24, 2.45) is 5.73 Å².